The van der Waals surface area contributed by atoms with E-state index in [1.807, 2.05) is 60.7 Å². The second-order valence-corrected chi connectivity index (χ2v) is 16.4. The van der Waals surface area contributed by atoms with E-state index in [2.05, 4.69) is 46.7 Å². The molecule has 11 nitrogen and oxygen atoms in total. The van der Waals surface area contributed by atoms with Crippen LogP contribution >= 0.6 is 22.7 Å². The molecule has 3 atom stereocenters. The van der Waals surface area contributed by atoms with Crippen molar-refractivity contribution >= 4 is 40.7 Å². The third-order valence-corrected chi connectivity index (χ3v) is 10.0. The summed E-state index contributed by atoms with van der Waals surface area (Å²) >= 11 is 2.93. The van der Waals surface area contributed by atoms with Gasteiger partial charge in [-0.3, -0.25) is 14.8 Å². The summed E-state index contributed by atoms with van der Waals surface area (Å²) in [5, 5.41) is 9.33. The second kappa shape index (κ2) is 19.5. The van der Waals surface area contributed by atoms with Gasteiger partial charge in [-0.1, -0.05) is 81.4 Å². The van der Waals surface area contributed by atoms with Gasteiger partial charge in [-0.2, -0.15) is 0 Å². The van der Waals surface area contributed by atoms with Crippen molar-refractivity contribution in [1.82, 2.24) is 30.8 Å². The van der Waals surface area contributed by atoms with Crippen LogP contribution in [0.5, 0.6) is 0 Å². The maximum Gasteiger partial charge on any atom is 0.407 e. The number of hydrogen-bond acceptors (Lipinski definition) is 9. The lowest BCUT2D eigenvalue weighted by Crippen LogP contribution is -2.55. The largest absolute Gasteiger partial charge is 0.444 e. The number of thiazole rings is 2. The van der Waals surface area contributed by atoms with E-state index in [4.69, 9.17) is 9.47 Å². The molecule has 0 aliphatic heterocycles. The molecule has 52 heavy (non-hydrogen) atoms. The molecular weight excluding hydrogens is 697 g/mol. The van der Waals surface area contributed by atoms with E-state index in [9.17, 15) is 14.4 Å². The quantitative estimate of drug-likeness (QED) is 0.0967. The van der Waals surface area contributed by atoms with Crippen molar-refractivity contribution in [2.24, 2.45) is 5.41 Å². The molecule has 2 aromatic carbocycles. The van der Waals surface area contributed by atoms with Crippen LogP contribution in [-0.2, 0) is 40.3 Å². The van der Waals surface area contributed by atoms with Crippen molar-refractivity contribution < 1.29 is 23.9 Å². The van der Waals surface area contributed by atoms with Crippen molar-refractivity contribution in [3.63, 3.8) is 0 Å². The van der Waals surface area contributed by atoms with Gasteiger partial charge in [0.2, 0.25) is 5.91 Å². The minimum absolute atomic E-state index is 0.0375. The summed E-state index contributed by atoms with van der Waals surface area (Å²) in [6, 6.07) is 18.4. The topological polar surface area (TPSA) is 135 Å². The summed E-state index contributed by atoms with van der Waals surface area (Å²) in [4.78, 5) is 52.7. The molecule has 0 saturated heterocycles. The highest BCUT2D eigenvalue weighted by molar-refractivity contribution is 7.09. The molecule has 4 aromatic rings. The van der Waals surface area contributed by atoms with E-state index in [1.165, 1.54) is 22.7 Å². The second-order valence-electron chi connectivity index (χ2n) is 14.5. The highest BCUT2D eigenvalue weighted by Gasteiger charge is 2.35. The first-order valence-electron chi connectivity index (χ1n) is 17.8. The standard InChI is InChI=1S/C39H50N6O5S2/c1-39(2,3)25-49-24-35(44-37(47)45(32-16-17-32)22-33-20-40-26-51-33)36(46)42-30(18-28-10-6-4-7-11-28)14-15-31(19-29-12-8-5-9-13-29)43-38(48)50-23-34-21-41-27-52-34/h4-13,20-21,26-27,30-32,35H,14-19,22-25H2,1-3H3,(H,42,46)(H,43,48)(H,44,47). The van der Waals surface area contributed by atoms with Crippen LogP contribution in [0.1, 0.15) is 67.3 Å². The molecule has 278 valence electrons. The molecule has 2 aromatic heterocycles. The SMILES string of the molecule is CC(C)(C)COCC(NC(=O)N(Cc1cncs1)C1CC1)C(=O)NC(CCC(Cc1ccccc1)NC(=O)OCc1cncs1)Cc1ccccc1. The predicted octanol–water partition coefficient (Wildman–Crippen LogP) is 6.75. The van der Waals surface area contributed by atoms with E-state index < -0.39 is 12.1 Å². The Hall–Kier alpha value is -4.33. The Bertz CT molecular complexity index is 1650. The van der Waals surface area contributed by atoms with E-state index in [-0.39, 0.29) is 48.7 Å². The average Bonchev–Trinajstić information content (AvgIpc) is 3.56. The zero-order chi connectivity index (χ0) is 36.8. The fraction of sp³-hybridized carbons (Fsp3) is 0.462. The highest BCUT2D eigenvalue weighted by atomic mass is 32.1. The molecule has 1 saturated carbocycles. The van der Waals surface area contributed by atoms with Crippen LogP contribution in [0.4, 0.5) is 9.59 Å². The molecule has 3 unspecified atom stereocenters. The molecule has 1 aliphatic rings. The zero-order valence-corrected chi connectivity index (χ0v) is 31.8. The van der Waals surface area contributed by atoms with Gasteiger partial charge in [0.05, 0.1) is 35.7 Å². The van der Waals surface area contributed by atoms with Crippen LogP contribution < -0.4 is 16.0 Å². The van der Waals surface area contributed by atoms with Crippen LogP contribution in [-0.4, -0.2) is 70.3 Å². The molecule has 13 heteroatoms. The Morgan fingerprint density at radius 2 is 1.40 bits per heavy atom. The van der Waals surface area contributed by atoms with Gasteiger partial charge in [-0.15, -0.1) is 22.7 Å². The molecule has 2 heterocycles. The normalized spacial score (nSPS) is 14.5. The molecule has 1 aliphatic carbocycles. The van der Waals surface area contributed by atoms with Crippen molar-refractivity contribution in [1.29, 1.82) is 0 Å². The van der Waals surface area contributed by atoms with Gasteiger partial charge in [0, 0.05) is 35.4 Å². The van der Waals surface area contributed by atoms with Gasteiger partial charge in [0.15, 0.2) is 0 Å². The van der Waals surface area contributed by atoms with Crippen LogP contribution in [0.25, 0.3) is 0 Å². The summed E-state index contributed by atoms with van der Waals surface area (Å²) in [5.41, 5.74) is 5.49. The number of nitrogens with zero attached hydrogens (tertiary/aromatic N) is 3. The number of nitrogens with one attached hydrogen (secondary N) is 3. The third kappa shape index (κ3) is 13.7. The first-order chi connectivity index (χ1) is 25.1. The van der Waals surface area contributed by atoms with Crippen LogP contribution in [0.2, 0.25) is 0 Å². The van der Waals surface area contributed by atoms with Gasteiger partial charge in [-0.25, -0.2) is 9.59 Å². The van der Waals surface area contributed by atoms with E-state index in [0.29, 0.717) is 38.8 Å². The number of amides is 4. The Kier molecular flexibility index (Phi) is 14.6. The van der Waals surface area contributed by atoms with Gasteiger partial charge in [0.25, 0.3) is 0 Å². The van der Waals surface area contributed by atoms with E-state index in [0.717, 1.165) is 33.7 Å². The monoisotopic (exact) mass is 746 g/mol. The Labute approximate surface area is 314 Å². The number of hydrogen-bond donors (Lipinski definition) is 3. The number of benzene rings is 2. The number of carbonyl (C=O) groups excluding carboxylic acids is 3. The van der Waals surface area contributed by atoms with Gasteiger partial charge < -0.3 is 30.3 Å². The summed E-state index contributed by atoms with van der Waals surface area (Å²) in [5.74, 6) is -0.312. The molecule has 5 rings (SSSR count). The highest BCUT2D eigenvalue weighted by Crippen LogP contribution is 2.29. The maximum absolute atomic E-state index is 14.1. The number of aromatic nitrogens is 2. The van der Waals surface area contributed by atoms with Crippen molar-refractivity contribution in [3.8, 4) is 0 Å². The third-order valence-electron chi connectivity index (χ3n) is 8.50. The Morgan fingerprint density at radius 1 is 0.827 bits per heavy atom. The lowest BCUT2D eigenvalue weighted by Gasteiger charge is -2.29. The summed E-state index contributed by atoms with van der Waals surface area (Å²) in [6.07, 6.45) is 7.13. The number of carbonyl (C=O) groups is 3. The summed E-state index contributed by atoms with van der Waals surface area (Å²) < 4.78 is 11.5. The fourth-order valence-electron chi connectivity index (χ4n) is 5.75. The average molecular weight is 747 g/mol. The van der Waals surface area contributed by atoms with Crippen molar-refractivity contribution in [2.75, 3.05) is 13.2 Å². The lowest BCUT2D eigenvalue weighted by atomic mass is 9.96. The van der Waals surface area contributed by atoms with Gasteiger partial charge in [0.1, 0.15) is 12.6 Å². The van der Waals surface area contributed by atoms with Crippen LogP contribution in [0, 0.1) is 5.41 Å². The molecule has 4 amide bonds. The first-order valence-corrected chi connectivity index (χ1v) is 19.6. The van der Waals surface area contributed by atoms with E-state index in [1.54, 1.807) is 28.3 Å². The summed E-state index contributed by atoms with van der Waals surface area (Å²) in [6.45, 7) is 7.25. The molecule has 0 bridgehead atoms. The summed E-state index contributed by atoms with van der Waals surface area (Å²) in [7, 11) is 0. The molecule has 0 radical (unpaired) electrons. The number of rotatable bonds is 19. The fourth-order valence-corrected chi connectivity index (χ4v) is 6.85. The first kappa shape index (κ1) is 38.9. The number of ether oxygens (including phenoxy) is 2. The molecular formula is C39H50N6O5S2. The van der Waals surface area contributed by atoms with Gasteiger partial charge >= 0.3 is 12.1 Å². The zero-order valence-electron chi connectivity index (χ0n) is 30.2. The Balaban J connectivity index is 1.29. The number of alkyl carbamates (subject to hydrolysis) is 1. The predicted molar refractivity (Wildman–Crippen MR) is 204 cm³/mol. The van der Waals surface area contributed by atoms with E-state index >= 15 is 0 Å². The smallest absolute Gasteiger partial charge is 0.407 e. The molecule has 1 fully saturated rings. The van der Waals surface area contributed by atoms with Crippen molar-refractivity contribution in [3.05, 3.63) is 105 Å². The maximum atomic E-state index is 14.1. The van der Waals surface area contributed by atoms with Crippen LogP contribution in [0.15, 0.2) is 84.1 Å². The lowest BCUT2D eigenvalue weighted by molar-refractivity contribution is -0.125. The minimum Gasteiger partial charge on any atom is -0.444 e. The van der Waals surface area contributed by atoms with Gasteiger partial charge in [-0.05, 0) is 55.1 Å². The minimum atomic E-state index is -0.907. The number of urea groups is 1. The van der Waals surface area contributed by atoms with Crippen LogP contribution in [0.3, 0.4) is 0 Å². The molecule has 0 spiro atoms. The Morgan fingerprint density at radius 3 is 1.94 bits per heavy atom. The molecule has 3 N–H and O–H groups in total. The van der Waals surface area contributed by atoms with Crippen molar-refractivity contribution in [2.45, 2.75) is 96.6 Å².